The zero-order valence-electron chi connectivity index (χ0n) is 10.5. The molecule has 1 aromatic rings. The Balaban J connectivity index is 1.61. The first-order chi connectivity index (χ1) is 8.75. The van der Waals surface area contributed by atoms with Crippen molar-refractivity contribution in [2.75, 3.05) is 19.6 Å². The van der Waals surface area contributed by atoms with Crippen LogP contribution in [0.5, 0.6) is 0 Å². The number of carbonyl (C=O) groups excluding carboxylic acids is 1. The summed E-state index contributed by atoms with van der Waals surface area (Å²) < 4.78 is 1.13. The third kappa shape index (κ3) is 4.37. The Bertz CT molecular complexity index is 388. The van der Waals surface area contributed by atoms with Crippen molar-refractivity contribution in [2.45, 2.75) is 32.2 Å². The average Bonchev–Trinajstić information content (AvgIpc) is 2.81. The van der Waals surface area contributed by atoms with Crippen LogP contribution in [0.2, 0.25) is 0 Å². The van der Waals surface area contributed by atoms with Gasteiger partial charge in [-0.3, -0.25) is 4.79 Å². The van der Waals surface area contributed by atoms with E-state index in [0.29, 0.717) is 12.3 Å². The number of rotatable bonds is 5. The molecule has 1 amide bonds. The number of nitrogens with one attached hydrogen (secondary N) is 1. The van der Waals surface area contributed by atoms with Crippen molar-refractivity contribution in [3.8, 4) is 0 Å². The predicted octanol–water partition coefficient (Wildman–Crippen LogP) is 3.00. The zero-order valence-corrected chi connectivity index (χ0v) is 12.9. The van der Waals surface area contributed by atoms with Crippen LogP contribution in [0.3, 0.4) is 0 Å². The van der Waals surface area contributed by atoms with Gasteiger partial charge < -0.3 is 10.2 Å². The van der Waals surface area contributed by atoms with Crippen molar-refractivity contribution in [2.24, 2.45) is 0 Å². The first-order valence-corrected chi connectivity index (χ1v) is 8.14. The maximum atomic E-state index is 11.9. The molecule has 0 aromatic carbocycles. The standard InChI is InChI=1S/C13H19BrN2OS/c14-11-8-12(18-10-11)9-15-5-4-13(17)16-6-2-1-3-7-16/h8,10,15H,1-7,9H2. The highest BCUT2D eigenvalue weighted by molar-refractivity contribution is 9.10. The van der Waals surface area contributed by atoms with Crippen molar-refractivity contribution < 1.29 is 4.79 Å². The number of hydrogen-bond donors (Lipinski definition) is 1. The number of hydrogen-bond acceptors (Lipinski definition) is 3. The van der Waals surface area contributed by atoms with Gasteiger partial charge in [-0.05, 0) is 41.3 Å². The van der Waals surface area contributed by atoms with Crippen LogP contribution in [0.25, 0.3) is 0 Å². The molecule has 5 heteroatoms. The summed E-state index contributed by atoms with van der Waals surface area (Å²) >= 11 is 5.17. The first-order valence-electron chi connectivity index (χ1n) is 6.47. The SMILES string of the molecule is O=C(CCNCc1cc(Br)cs1)N1CCCCC1. The van der Waals surface area contributed by atoms with Crippen LogP contribution in [0.1, 0.15) is 30.6 Å². The van der Waals surface area contributed by atoms with Crippen LogP contribution < -0.4 is 5.32 Å². The third-order valence-corrected chi connectivity index (χ3v) is 4.84. The van der Waals surface area contributed by atoms with Crippen molar-refractivity contribution in [3.63, 3.8) is 0 Å². The van der Waals surface area contributed by atoms with Gasteiger partial charge in [-0.15, -0.1) is 11.3 Å². The summed E-state index contributed by atoms with van der Waals surface area (Å²) in [6, 6.07) is 2.12. The zero-order chi connectivity index (χ0) is 12.8. The van der Waals surface area contributed by atoms with E-state index in [-0.39, 0.29) is 0 Å². The Morgan fingerprint density at radius 2 is 2.17 bits per heavy atom. The predicted molar refractivity (Wildman–Crippen MR) is 78.8 cm³/mol. The molecule has 1 fully saturated rings. The van der Waals surface area contributed by atoms with Crippen LogP contribution >= 0.6 is 27.3 Å². The van der Waals surface area contributed by atoms with Gasteiger partial charge >= 0.3 is 0 Å². The Morgan fingerprint density at radius 3 is 2.83 bits per heavy atom. The molecule has 0 atom stereocenters. The Kier molecular flexibility index (Phi) is 5.66. The molecule has 0 saturated carbocycles. The molecule has 2 rings (SSSR count). The van der Waals surface area contributed by atoms with Gasteiger partial charge in [0.05, 0.1) is 0 Å². The highest BCUT2D eigenvalue weighted by atomic mass is 79.9. The van der Waals surface area contributed by atoms with Crippen LogP contribution in [0.15, 0.2) is 15.9 Å². The molecule has 1 saturated heterocycles. The molecule has 1 aliphatic heterocycles. The van der Waals surface area contributed by atoms with Gasteiger partial charge in [0.1, 0.15) is 0 Å². The molecule has 1 N–H and O–H groups in total. The quantitative estimate of drug-likeness (QED) is 0.842. The second-order valence-electron chi connectivity index (χ2n) is 4.60. The second kappa shape index (κ2) is 7.26. The fourth-order valence-electron chi connectivity index (χ4n) is 2.15. The lowest BCUT2D eigenvalue weighted by atomic mass is 10.1. The summed E-state index contributed by atoms with van der Waals surface area (Å²) in [7, 11) is 0. The lowest BCUT2D eigenvalue weighted by Gasteiger charge is -2.26. The first kappa shape index (κ1) is 14.0. The van der Waals surface area contributed by atoms with Crippen molar-refractivity contribution in [1.82, 2.24) is 10.2 Å². The summed E-state index contributed by atoms with van der Waals surface area (Å²) in [4.78, 5) is 15.2. The number of likely N-dealkylation sites (tertiary alicyclic amines) is 1. The molecule has 0 bridgehead atoms. The lowest BCUT2D eigenvalue weighted by molar-refractivity contribution is -0.131. The van der Waals surface area contributed by atoms with E-state index < -0.39 is 0 Å². The molecule has 3 nitrogen and oxygen atoms in total. The molecule has 0 spiro atoms. The monoisotopic (exact) mass is 330 g/mol. The molecule has 2 heterocycles. The number of amides is 1. The lowest BCUT2D eigenvalue weighted by Crippen LogP contribution is -2.37. The molecular weight excluding hydrogens is 312 g/mol. The number of nitrogens with zero attached hydrogens (tertiary/aromatic N) is 1. The number of piperidine rings is 1. The fourth-order valence-corrected chi connectivity index (χ4v) is 3.58. The average molecular weight is 331 g/mol. The van der Waals surface area contributed by atoms with Crippen LogP contribution in [-0.4, -0.2) is 30.4 Å². The normalized spacial score (nSPS) is 15.9. The van der Waals surface area contributed by atoms with Gasteiger partial charge in [-0.25, -0.2) is 0 Å². The Hall–Kier alpha value is -0.390. The van der Waals surface area contributed by atoms with Crippen molar-refractivity contribution in [1.29, 1.82) is 0 Å². The van der Waals surface area contributed by atoms with E-state index in [0.717, 1.165) is 30.7 Å². The highest BCUT2D eigenvalue weighted by Crippen LogP contribution is 2.19. The second-order valence-corrected chi connectivity index (χ2v) is 6.51. The minimum atomic E-state index is 0.301. The van der Waals surface area contributed by atoms with E-state index in [1.807, 2.05) is 4.90 Å². The summed E-state index contributed by atoms with van der Waals surface area (Å²) in [5, 5.41) is 5.41. The van der Waals surface area contributed by atoms with Gasteiger partial charge in [0.2, 0.25) is 5.91 Å². The van der Waals surface area contributed by atoms with Gasteiger partial charge in [-0.2, -0.15) is 0 Å². The van der Waals surface area contributed by atoms with Crippen LogP contribution in [0.4, 0.5) is 0 Å². The molecule has 0 radical (unpaired) electrons. The number of thiophene rings is 1. The summed E-state index contributed by atoms with van der Waals surface area (Å²) in [6.07, 6.45) is 4.23. The molecule has 1 aromatic heterocycles. The molecule has 100 valence electrons. The maximum absolute atomic E-state index is 11.9. The molecule has 18 heavy (non-hydrogen) atoms. The van der Waals surface area contributed by atoms with E-state index in [2.05, 4.69) is 32.7 Å². The summed E-state index contributed by atoms with van der Waals surface area (Å²) in [5.74, 6) is 0.301. The minimum Gasteiger partial charge on any atom is -0.343 e. The number of halogens is 1. The van der Waals surface area contributed by atoms with Crippen LogP contribution in [0, 0.1) is 0 Å². The van der Waals surface area contributed by atoms with E-state index in [4.69, 9.17) is 0 Å². The smallest absolute Gasteiger partial charge is 0.223 e. The van der Waals surface area contributed by atoms with Gasteiger partial charge in [0, 0.05) is 47.3 Å². The number of carbonyl (C=O) groups is 1. The van der Waals surface area contributed by atoms with E-state index in [1.54, 1.807) is 11.3 Å². The summed E-state index contributed by atoms with van der Waals surface area (Å²) in [6.45, 7) is 3.53. The van der Waals surface area contributed by atoms with E-state index in [1.165, 1.54) is 24.1 Å². The van der Waals surface area contributed by atoms with Crippen molar-refractivity contribution >= 4 is 33.2 Å². The van der Waals surface area contributed by atoms with Gasteiger partial charge in [-0.1, -0.05) is 0 Å². The van der Waals surface area contributed by atoms with Gasteiger partial charge in [0.15, 0.2) is 0 Å². The topological polar surface area (TPSA) is 32.3 Å². The molecule has 0 unspecified atom stereocenters. The van der Waals surface area contributed by atoms with Gasteiger partial charge in [0.25, 0.3) is 0 Å². The fraction of sp³-hybridized carbons (Fsp3) is 0.615. The summed E-state index contributed by atoms with van der Waals surface area (Å²) in [5.41, 5.74) is 0. The molecule has 1 aliphatic rings. The maximum Gasteiger partial charge on any atom is 0.223 e. The van der Waals surface area contributed by atoms with E-state index >= 15 is 0 Å². The van der Waals surface area contributed by atoms with E-state index in [9.17, 15) is 4.79 Å². The largest absolute Gasteiger partial charge is 0.343 e. The third-order valence-electron chi connectivity index (χ3n) is 3.15. The molecule has 0 aliphatic carbocycles. The Morgan fingerprint density at radius 1 is 1.39 bits per heavy atom. The molecular formula is C13H19BrN2OS. The van der Waals surface area contributed by atoms with Crippen molar-refractivity contribution in [3.05, 3.63) is 20.8 Å². The van der Waals surface area contributed by atoms with Crippen LogP contribution in [-0.2, 0) is 11.3 Å². The minimum absolute atomic E-state index is 0.301. The highest BCUT2D eigenvalue weighted by Gasteiger charge is 2.15. The Labute approximate surface area is 121 Å².